The molecule has 1 fully saturated rings. The molecule has 1 aliphatic rings. The third-order valence-electron chi connectivity index (χ3n) is 3.20. The Bertz CT molecular complexity index is 560. The van der Waals surface area contributed by atoms with Crippen LogP contribution >= 0.6 is 11.6 Å². The van der Waals surface area contributed by atoms with Crippen LogP contribution < -0.4 is 10.2 Å². The Labute approximate surface area is 121 Å². The van der Waals surface area contributed by atoms with E-state index in [1.165, 1.54) is 4.90 Å². The number of nitrogens with zero attached hydrogens (tertiary/aromatic N) is 1. The number of carbonyl (C=O) groups excluding carboxylic acids is 1. The van der Waals surface area contributed by atoms with Crippen molar-refractivity contribution in [3.63, 3.8) is 0 Å². The summed E-state index contributed by atoms with van der Waals surface area (Å²) in [5.74, 6) is -1.34. The first-order valence-electron chi connectivity index (χ1n) is 6.17. The van der Waals surface area contributed by atoms with Crippen molar-refractivity contribution in [2.45, 2.75) is 6.92 Å². The number of aliphatic carboxylic acids is 1. The highest BCUT2D eigenvalue weighted by Gasteiger charge is 2.24. The summed E-state index contributed by atoms with van der Waals surface area (Å²) >= 11 is 5.81. The summed E-state index contributed by atoms with van der Waals surface area (Å²) in [5.41, 5.74) is 2.13. The largest absolute Gasteiger partial charge is 0.480 e. The number of anilines is 1. The van der Waals surface area contributed by atoms with Crippen LogP contribution in [0, 0.1) is 0 Å². The van der Waals surface area contributed by atoms with E-state index in [1.807, 2.05) is 0 Å². The number of hydrogen-bond acceptors (Lipinski definition) is 3. The van der Waals surface area contributed by atoms with Crippen LogP contribution in [0.4, 0.5) is 5.69 Å². The molecule has 5 nitrogen and oxygen atoms in total. The number of carbonyl (C=O) groups is 2. The van der Waals surface area contributed by atoms with Crippen molar-refractivity contribution in [3.05, 3.63) is 40.4 Å². The first kappa shape index (κ1) is 14.6. The molecule has 2 N–H and O–H groups in total. The molecule has 1 aromatic carbocycles. The third kappa shape index (κ3) is 3.18. The molecule has 1 heterocycles. The van der Waals surface area contributed by atoms with Gasteiger partial charge in [0.15, 0.2) is 0 Å². The van der Waals surface area contributed by atoms with Gasteiger partial charge in [-0.05, 0) is 36.8 Å². The van der Waals surface area contributed by atoms with Gasteiger partial charge in [0, 0.05) is 29.4 Å². The molecule has 1 aromatic rings. The zero-order chi connectivity index (χ0) is 14.7. The highest BCUT2D eigenvalue weighted by molar-refractivity contribution is 6.30. The van der Waals surface area contributed by atoms with Crippen LogP contribution in [0.3, 0.4) is 0 Å². The van der Waals surface area contributed by atoms with Gasteiger partial charge in [-0.25, -0.2) is 0 Å². The maximum absolute atomic E-state index is 12.4. The van der Waals surface area contributed by atoms with Crippen molar-refractivity contribution < 1.29 is 14.7 Å². The minimum absolute atomic E-state index is 0.286. The standard InChI is InChI=1S/C14H15ClN2O3/c1-9(10-6-16-7-10)14(20)17(8-13(18)19)12-4-2-11(15)3-5-12/h2-5,16H,6-8H2,1H3,(H,18,19). The fourth-order valence-corrected chi connectivity index (χ4v) is 2.03. The van der Waals surface area contributed by atoms with E-state index in [0.717, 1.165) is 5.57 Å². The van der Waals surface area contributed by atoms with Crippen molar-refractivity contribution in [1.29, 1.82) is 0 Å². The van der Waals surface area contributed by atoms with Crippen LogP contribution in [-0.2, 0) is 9.59 Å². The van der Waals surface area contributed by atoms with Crippen LogP contribution in [0.2, 0.25) is 5.02 Å². The summed E-state index contributed by atoms with van der Waals surface area (Å²) in [6, 6.07) is 6.54. The highest BCUT2D eigenvalue weighted by atomic mass is 35.5. The Balaban J connectivity index is 2.29. The topological polar surface area (TPSA) is 69.6 Å². The van der Waals surface area contributed by atoms with Gasteiger partial charge in [-0.2, -0.15) is 0 Å². The van der Waals surface area contributed by atoms with E-state index in [4.69, 9.17) is 16.7 Å². The van der Waals surface area contributed by atoms with Crippen LogP contribution in [0.1, 0.15) is 6.92 Å². The van der Waals surface area contributed by atoms with Crippen LogP contribution in [0.15, 0.2) is 35.4 Å². The molecule has 0 saturated carbocycles. The fourth-order valence-electron chi connectivity index (χ4n) is 1.91. The third-order valence-corrected chi connectivity index (χ3v) is 3.46. The number of halogens is 1. The van der Waals surface area contributed by atoms with Gasteiger partial charge in [0.25, 0.3) is 5.91 Å². The van der Waals surface area contributed by atoms with Gasteiger partial charge < -0.3 is 10.4 Å². The molecule has 2 rings (SSSR count). The molecule has 6 heteroatoms. The molecule has 0 unspecified atom stereocenters. The highest BCUT2D eigenvalue weighted by Crippen LogP contribution is 2.21. The number of carboxylic acids is 1. The summed E-state index contributed by atoms with van der Waals surface area (Å²) in [6.45, 7) is 2.71. The van der Waals surface area contributed by atoms with Gasteiger partial charge >= 0.3 is 5.97 Å². The van der Waals surface area contributed by atoms with Gasteiger partial charge in [-0.3, -0.25) is 14.5 Å². The van der Waals surface area contributed by atoms with Gasteiger partial charge in [0.05, 0.1) is 0 Å². The Morgan fingerprint density at radius 3 is 2.35 bits per heavy atom. The Morgan fingerprint density at radius 1 is 1.30 bits per heavy atom. The Hall–Kier alpha value is -1.85. The summed E-state index contributed by atoms with van der Waals surface area (Å²) in [7, 11) is 0. The molecular weight excluding hydrogens is 280 g/mol. The van der Waals surface area contributed by atoms with E-state index >= 15 is 0 Å². The van der Waals surface area contributed by atoms with Gasteiger partial charge in [0.2, 0.25) is 0 Å². The second kappa shape index (κ2) is 6.07. The van der Waals surface area contributed by atoms with Crippen LogP contribution in [0.25, 0.3) is 0 Å². The second-order valence-electron chi connectivity index (χ2n) is 4.59. The molecule has 0 atom stereocenters. The van der Waals surface area contributed by atoms with E-state index in [2.05, 4.69) is 5.32 Å². The molecule has 0 aromatic heterocycles. The van der Waals surface area contributed by atoms with E-state index in [-0.39, 0.29) is 12.5 Å². The predicted molar refractivity (Wildman–Crippen MR) is 77.0 cm³/mol. The number of rotatable bonds is 4. The number of hydrogen-bond donors (Lipinski definition) is 2. The molecule has 1 amide bonds. The Kier molecular flexibility index (Phi) is 4.42. The lowest BCUT2D eigenvalue weighted by Crippen LogP contribution is -2.41. The van der Waals surface area contributed by atoms with Crippen LogP contribution in [-0.4, -0.2) is 36.6 Å². The molecule has 0 spiro atoms. The van der Waals surface area contributed by atoms with E-state index in [9.17, 15) is 9.59 Å². The molecule has 106 valence electrons. The molecule has 1 aliphatic heterocycles. The smallest absolute Gasteiger partial charge is 0.323 e. The van der Waals surface area contributed by atoms with Gasteiger partial charge in [-0.15, -0.1) is 0 Å². The number of benzene rings is 1. The minimum Gasteiger partial charge on any atom is -0.480 e. The van der Waals surface area contributed by atoms with Crippen molar-refractivity contribution >= 4 is 29.2 Å². The van der Waals surface area contributed by atoms with Crippen molar-refractivity contribution in [1.82, 2.24) is 5.32 Å². The van der Waals surface area contributed by atoms with Gasteiger partial charge in [-0.1, -0.05) is 11.6 Å². The quantitative estimate of drug-likeness (QED) is 0.829. The van der Waals surface area contributed by atoms with Gasteiger partial charge in [0.1, 0.15) is 6.54 Å². The molecule has 1 saturated heterocycles. The van der Waals surface area contributed by atoms with Crippen LogP contribution in [0.5, 0.6) is 0 Å². The lowest BCUT2D eigenvalue weighted by molar-refractivity contribution is -0.136. The van der Waals surface area contributed by atoms with Crippen molar-refractivity contribution in [2.24, 2.45) is 0 Å². The summed E-state index contributed by atoms with van der Waals surface area (Å²) in [5, 5.41) is 12.6. The predicted octanol–water partition coefficient (Wildman–Crippen LogP) is 1.68. The van der Waals surface area contributed by atoms with Crippen molar-refractivity contribution in [2.75, 3.05) is 24.5 Å². The maximum Gasteiger partial charge on any atom is 0.323 e. The maximum atomic E-state index is 12.4. The van der Waals surface area contributed by atoms with Crippen molar-refractivity contribution in [3.8, 4) is 0 Å². The molecule has 0 bridgehead atoms. The van der Waals surface area contributed by atoms with E-state index < -0.39 is 5.97 Å². The van der Waals surface area contributed by atoms with E-state index in [1.54, 1.807) is 31.2 Å². The molecular formula is C14H15ClN2O3. The summed E-state index contributed by atoms with van der Waals surface area (Å²) in [4.78, 5) is 24.7. The average molecular weight is 295 g/mol. The minimum atomic E-state index is -1.06. The second-order valence-corrected chi connectivity index (χ2v) is 5.03. The number of amides is 1. The number of carboxylic acid groups (broad SMARTS) is 1. The fraction of sp³-hybridized carbons (Fsp3) is 0.286. The normalized spacial score (nSPS) is 13.6. The SMILES string of the molecule is CC(C(=O)N(CC(=O)O)c1ccc(Cl)cc1)=C1CNC1. The summed E-state index contributed by atoms with van der Waals surface area (Å²) < 4.78 is 0. The zero-order valence-corrected chi connectivity index (χ0v) is 11.8. The lowest BCUT2D eigenvalue weighted by atomic mass is 10.0. The molecule has 20 heavy (non-hydrogen) atoms. The first-order valence-corrected chi connectivity index (χ1v) is 6.55. The zero-order valence-electron chi connectivity index (χ0n) is 11.0. The lowest BCUT2D eigenvalue weighted by Gasteiger charge is -2.26. The molecule has 0 radical (unpaired) electrons. The molecule has 0 aliphatic carbocycles. The summed E-state index contributed by atoms with van der Waals surface area (Å²) in [6.07, 6.45) is 0. The Morgan fingerprint density at radius 2 is 1.90 bits per heavy atom. The number of nitrogens with one attached hydrogen (secondary N) is 1. The van der Waals surface area contributed by atoms with E-state index in [0.29, 0.717) is 29.4 Å². The first-order chi connectivity index (χ1) is 9.49. The average Bonchev–Trinajstić information content (AvgIpc) is 2.34. The monoisotopic (exact) mass is 294 g/mol.